The minimum absolute atomic E-state index is 0.0404. The van der Waals surface area contributed by atoms with Crippen molar-refractivity contribution in [1.29, 1.82) is 0 Å². The van der Waals surface area contributed by atoms with E-state index in [0.717, 1.165) is 16.9 Å². The SMILES string of the molecule is O=C(NCCNc1ccc([N+](=O)[O-])cc1)NCc1cnn(-c2ccccc2)c1. The molecule has 2 amide bonds. The minimum Gasteiger partial charge on any atom is -0.383 e. The summed E-state index contributed by atoms with van der Waals surface area (Å²) in [5.41, 5.74) is 2.64. The lowest BCUT2D eigenvalue weighted by Gasteiger charge is -2.08. The molecule has 144 valence electrons. The van der Waals surface area contributed by atoms with Crippen molar-refractivity contribution in [3.05, 3.63) is 82.7 Å². The Labute approximate surface area is 161 Å². The van der Waals surface area contributed by atoms with Crippen LogP contribution < -0.4 is 16.0 Å². The number of nitrogens with one attached hydrogen (secondary N) is 3. The van der Waals surface area contributed by atoms with Crippen molar-refractivity contribution in [2.24, 2.45) is 0 Å². The van der Waals surface area contributed by atoms with Crippen LogP contribution in [0.2, 0.25) is 0 Å². The van der Waals surface area contributed by atoms with Gasteiger partial charge in [-0.05, 0) is 24.3 Å². The Bertz CT molecular complexity index is 924. The first-order valence-corrected chi connectivity index (χ1v) is 8.71. The van der Waals surface area contributed by atoms with Gasteiger partial charge in [-0.1, -0.05) is 18.2 Å². The number of amides is 2. The van der Waals surface area contributed by atoms with Gasteiger partial charge in [-0.3, -0.25) is 10.1 Å². The van der Waals surface area contributed by atoms with Crippen LogP contribution in [0.25, 0.3) is 5.69 Å². The van der Waals surface area contributed by atoms with Gasteiger partial charge in [0.25, 0.3) is 5.69 Å². The molecule has 3 N–H and O–H groups in total. The highest BCUT2D eigenvalue weighted by molar-refractivity contribution is 5.73. The number of aromatic nitrogens is 2. The van der Waals surface area contributed by atoms with Crippen molar-refractivity contribution < 1.29 is 9.72 Å². The third-order valence-corrected chi connectivity index (χ3v) is 3.93. The number of nitro groups is 1. The van der Waals surface area contributed by atoms with Crippen molar-refractivity contribution in [2.45, 2.75) is 6.54 Å². The van der Waals surface area contributed by atoms with Crippen LogP contribution in [-0.4, -0.2) is 33.8 Å². The second kappa shape index (κ2) is 9.17. The van der Waals surface area contributed by atoms with E-state index in [2.05, 4.69) is 21.0 Å². The van der Waals surface area contributed by atoms with Crippen molar-refractivity contribution >= 4 is 17.4 Å². The molecule has 28 heavy (non-hydrogen) atoms. The van der Waals surface area contributed by atoms with Crippen LogP contribution >= 0.6 is 0 Å². The molecule has 9 heteroatoms. The van der Waals surface area contributed by atoms with Gasteiger partial charge >= 0.3 is 6.03 Å². The lowest BCUT2D eigenvalue weighted by molar-refractivity contribution is -0.384. The number of carbonyl (C=O) groups excluding carboxylic acids is 1. The topological polar surface area (TPSA) is 114 Å². The number of non-ortho nitro benzene ring substituents is 1. The zero-order chi connectivity index (χ0) is 19.8. The van der Waals surface area contributed by atoms with Crippen LogP contribution in [-0.2, 0) is 6.54 Å². The number of anilines is 1. The van der Waals surface area contributed by atoms with Crippen molar-refractivity contribution in [3.63, 3.8) is 0 Å². The molecule has 3 rings (SSSR count). The van der Waals surface area contributed by atoms with Crippen molar-refractivity contribution in [1.82, 2.24) is 20.4 Å². The van der Waals surface area contributed by atoms with Gasteiger partial charge in [0, 0.05) is 49.2 Å². The predicted octanol–water partition coefficient (Wildman–Crippen LogP) is 2.69. The van der Waals surface area contributed by atoms with Crippen LogP contribution in [0.5, 0.6) is 0 Å². The maximum absolute atomic E-state index is 11.9. The molecule has 1 heterocycles. The Hall–Kier alpha value is -3.88. The molecule has 3 aromatic rings. The first kappa shape index (κ1) is 18.9. The van der Waals surface area contributed by atoms with Crippen molar-refractivity contribution in [3.8, 4) is 5.69 Å². The highest BCUT2D eigenvalue weighted by Gasteiger charge is 2.05. The molecule has 0 radical (unpaired) electrons. The van der Waals surface area contributed by atoms with Gasteiger partial charge in [-0.2, -0.15) is 5.10 Å². The van der Waals surface area contributed by atoms with E-state index in [0.29, 0.717) is 19.6 Å². The summed E-state index contributed by atoms with van der Waals surface area (Å²) in [5.74, 6) is 0. The average molecular weight is 380 g/mol. The molecule has 9 nitrogen and oxygen atoms in total. The van der Waals surface area contributed by atoms with E-state index in [1.54, 1.807) is 23.0 Å². The van der Waals surface area contributed by atoms with Gasteiger partial charge in [0.2, 0.25) is 0 Å². The molecule has 0 unspecified atom stereocenters. The zero-order valence-electron chi connectivity index (χ0n) is 15.0. The Balaban J connectivity index is 1.36. The molecule has 0 spiro atoms. The molecule has 0 atom stereocenters. The second-order valence-corrected chi connectivity index (χ2v) is 5.97. The summed E-state index contributed by atoms with van der Waals surface area (Å²) in [4.78, 5) is 22.0. The van der Waals surface area contributed by atoms with Crippen LogP contribution in [0.4, 0.5) is 16.2 Å². The molecule has 0 bridgehead atoms. The van der Waals surface area contributed by atoms with Gasteiger partial charge < -0.3 is 16.0 Å². The minimum atomic E-state index is -0.445. The van der Waals surface area contributed by atoms with Gasteiger partial charge in [-0.25, -0.2) is 9.48 Å². The van der Waals surface area contributed by atoms with E-state index >= 15 is 0 Å². The molecule has 2 aromatic carbocycles. The molecule has 0 aliphatic carbocycles. The molecule has 0 saturated carbocycles. The van der Waals surface area contributed by atoms with E-state index in [1.165, 1.54) is 12.1 Å². The van der Waals surface area contributed by atoms with E-state index in [-0.39, 0.29) is 11.7 Å². The monoisotopic (exact) mass is 380 g/mol. The number of hydrogen-bond donors (Lipinski definition) is 3. The number of benzene rings is 2. The smallest absolute Gasteiger partial charge is 0.315 e. The fourth-order valence-electron chi connectivity index (χ4n) is 2.50. The van der Waals surface area contributed by atoms with Crippen LogP contribution in [0, 0.1) is 10.1 Å². The molecule has 0 aliphatic rings. The summed E-state index contributed by atoms with van der Waals surface area (Å²) < 4.78 is 1.75. The first-order valence-electron chi connectivity index (χ1n) is 8.71. The summed E-state index contributed by atoms with van der Waals surface area (Å²) in [6.45, 7) is 1.28. The Morgan fingerprint density at radius 1 is 1.04 bits per heavy atom. The number of rotatable bonds is 8. The summed E-state index contributed by atoms with van der Waals surface area (Å²) in [7, 11) is 0. The third kappa shape index (κ3) is 5.31. The van der Waals surface area contributed by atoms with E-state index in [9.17, 15) is 14.9 Å². The predicted molar refractivity (Wildman–Crippen MR) is 105 cm³/mol. The number of hydrogen-bond acceptors (Lipinski definition) is 5. The number of nitrogens with zero attached hydrogens (tertiary/aromatic N) is 3. The molecular formula is C19H20N6O3. The number of nitro benzene ring substituents is 1. The molecule has 1 aromatic heterocycles. The number of urea groups is 1. The highest BCUT2D eigenvalue weighted by Crippen LogP contribution is 2.14. The van der Waals surface area contributed by atoms with E-state index in [4.69, 9.17) is 0 Å². The molecular weight excluding hydrogens is 360 g/mol. The second-order valence-electron chi connectivity index (χ2n) is 5.97. The van der Waals surface area contributed by atoms with Gasteiger partial charge in [0.05, 0.1) is 16.8 Å². The zero-order valence-corrected chi connectivity index (χ0v) is 15.0. The summed E-state index contributed by atoms with van der Waals surface area (Å²) in [6.07, 6.45) is 3.58. The first-order chi connectivity index (χ1) is 13.6. The fourth-order valence-corrected chi connectivity index (χ4v) is 2.50. The Morgan fingerprint density at radius 3 is 2.50 bits per heavy atom. The number of carbonyl (C=O) groups is 1. The lowest BCUT2D eigenvalue weighted by Crippen LogP contribution is -2.37. The largest absolute Gasteiger partial charge is 0.383 e. The van der Waals surface area contributed by atoms with E-state index < -0.39 is 4.92 Å². The van der Waals surface area contributed by atoms with Gasteiger partial charge in [0.1, 0.15) is 0 Å². The fraction of sp³-hybridized carbons (Fsp3) is 0.158. The lowest BCUT2D eigenvalue weighted by atomic mass is 10.3. The average Bonchev–Trinajstić information content (AvgIpc) is 3.20. The van der Waals surface area contributed by atoms with Gasteiger partial charge in [-0.15, -0.1) is 0 Å². The third-order valence-electron chi connectivity index (χ3n) is 3.93. The number of para-hydroxylation sites is 1. The van der Waals surface area contributed by atoms with E-state index in [1.807, 2.05) is 36.5 Å². The standard InChI is InChI=1S/C19H20N6O3/c26-19(21-11-10-20-16-6-8-18(9-7-16)25(27)28)22-12-15-13-23-24(14-15)17-4-2-1-3-5-17/h1-9,13-14,20H,10-12H2,(H2,21,22,26). The normalized spacial score (nSPS) is 10.3. The van der Waals surface area contributed by atoms with Gasteiger partial charge in [0.15, 0.2) is 0 Å². The summed E-state index contributed by atoms with van der Waals surface area (Å²) >= 11 is 0. The van der Waals surface area contributed by atoms with Crippen LogP contribution in [0.15, 0.2) is 67.0 Å². The van der Waals surface area contributed by atoms with Crippen molar-refractivity contribution in [2.75, 3.05) is 18.4 Å². The maximum Gasteiger partial charge on any atom is 0.315 e. The Morgan fingerprint density at radius 2 is 1.79 bits per heavy atom. The molecule has 0 saturated heterocycles. The highest BCUT2D eigenvalue weighted by atomic mass is 16.6. The quantitative estimate of drug-likeness (QED) is 0.316. The summed E-state index contributed by atoms with van der Waals surface area (Å²) in [5, 5.41) is 23.5. The Kier molecular flexibility index (Phi) is 6.19. The molecule has 0 fully saturated rings. The maximum atomic E-state index is 11.9. The van der Waals surface area contributed by atoms with Crippen LogP contribution in [0.1, 0.15) is 5.56 Å². The molecule has 0 aliphatic heterocycles. The van der Waals surface area contributed by atoms with Crippen LogP contribution in [0.3, 0.4) is 0 Å². The summed E-state index contributed by atoms with van der Waals surface area (Å²) in [6, 6.07) is 15.6.